The summed E-state index contributed by atoms with van der Waals surface area (Å²) in [6, 6.07) is 0. The van der Waals surface area contributed by atoms with Crippen molar-refractivity contribution < 1.29 is 0 Å². The number of nitrogens with two attached hydrogens (primary N) is 1. The van der Waals surface area contributed by atoms with E-state index >= 15 is 0 Å². The Morgan fingerprint density at radius 1 is 1.11 bits per heavy atom. The number of hydrogen-bond donors (Lipinski definition) is 1. The fourth-order valence-corrected chi connectivity index (χ4v) is 3.28. The lowest BCUT2D eigenvalue weighted by atomic mass is 9.91. The van der Waals surface area contributed by atoms with Crippen molar-refractivity contribution in [2.45, 2.75) is 57.9 Å². The molecule has 1 atom stereocenters. The number of piperazine rings is 1. The molecule has 1 aliphatic heterocycles. The van der Waals surface area contributed by atoms with E-state index in [1.165, 1.54) is 71.2 Å². The Balaban J connectivity index is 1.75. The summed E-state index contributed by atoms with van der Waals surface area (Å²) in [5.74, 6) is 1.02. The summed E-state index contributed by atoms with van der Waals surface area (Å²) in [7, 11) is 0. The SMILES string of the molecule is CCCCCC(C)(CN)N1CCN(CC2CC2)CC1. The highest BCUT2D eigenvalue weighted by molar-refractivity contribution is 4.91. The molecule has 2 rings (SSSR count). The van der Waals surface area contributed by atoms with Gasteiger partial charge in [0.15, 0.2) is 0 Å². The lowest BCUT2D eigenvalue weighted by Crippen LogP contribution is -2.58. The van der Waals surface area contributed by atoms with Crippen molar-refractivity contribution in [1.29, 1.82) is 0 Å². The summed E-state index contributed by atoms with van der Waals surface area (Å²) in [6.07, 6.45) is 8.18. The minimum Gasteiger partial charge on any atom is -0.329 e. The molecule has 0 spiro atoms. The summed E-state index contributed by atoms with van der Waals surface area (Å²) in [6.45, 7) is 11.7. The molecule has 0 aromatic carbocycles. The van der Waals surface area contributed by atoms with E-state index in [9.17, 15) is 0 Å². The van der Waals surface area contributed by atoms with Crippen molar-refractivity contribution in [3.05, 3.63) is 0 Å². The van der Waals surface area contributed by atoms with Crippen molar-refractivity contribution >= 4 is 0 Å². The first kappa shape index (κ1) is 15.3. The summed E-state index contributed by atoms with van der Waals surface area (Å²) >= 11 is 0. The fourth-order valence-electron chi connectivity index (χ4n) is 3.28. The Labute approximate surface area is 119 Å². The number of rotatable bonds is 8. The Morgan fingerprint density at radius 2 is 1.79 bits per heavy atom. The molecule has 0 bridgehead atoms. The molecule has 2 N–H and O–H groups in total. The monoisotopic (exact) mass is 267 g/mol. The van der Waals surface area contributed by atoms with Crippen LogP contribution in [0.2, 0.25) is 0 Å². The zero-order valence-electron chi connectivity index (χ0n) is 13.0. The summed E-state index contributed by atoms with van der Waals surface area (Å²) in [5.41, 5.74) is 6.33. The molecule has 1 saturated carbocycles. The average molecular weight is 267 g/mol. The van der Waals surface area contributed by atoms with E-state index in [0.717, 1.165) is 12.5 Å². The predicted molar refractivity (Wildman–Crippen MR) is 82.3 cm³/mol. The topological polar surface area (TPSA) is 32.5 Å². The van der Waals surface area contributed by atoms with Gasteiger partial charge in [0, 0.05) is 44.8 Å². The molecule has 1 aliphatic carbocycles. The van der Waals surface area contributed by atoms with E-state index in [-0.39, 0.29) is 5.54 Å². The maximum Gasteiger partial charge on any atom is 0.0304 e. The van der Waals surface area contributed by atoms with Gasteiger partial charge in [-0.05, 0) is 32.1 Å². The Hall–Kier alpha value is -0.120. The largest absolute Gasteiger partial charge is 0.329 e. The molecule has 112 valence electrons. The quantitative estimate of drug-likeness (QED) is 0.685. The van der Waals surface area contributed by atoms with Crippen LogP contribution in [0.4, 0.5) is 0 Å². The normalized spacial score (nSPS) is 25.4. The molecule has 0 aromatic rings. The van der Waals surface area contributed by atoms with Gasteiger partial charge in [0.25, 0.3) is 0 Å². The van der Waals surface area contributed by atoms with Gasteiger partial charge in [-0.3, -0.25) is 4.90 Å². The van der Waals surface area contributed by atoms with E-state index in [4.69, 9.17) is 5.73 Å². The first-order chi connectivity index (χ1) is 9.18. The molecule has 0 aromatic heterocycles. The van der Waals surface area contributed by atoms with E-state index in [0.29, 0.717) is 0 Å². The number of nitrogens with zero attached hydrogens (tertiary/aromatic N) is 2. The smallest absolute Gasteiger partial charge is 0.0304 e. The van der Waals surface area contributed by atoms with E-state index in [2.05, 4.69) is 23.6 Å². The molecule has 2 aliphatic rings. The van der Waals surface area contributed by atoms with Gasteiger partial charge in [-0.15, -0.1) is 0 Å². The molecule has 3 nitrogen and oxygen atoms in total. The second kappa shape index (κ2) is 7.05. The van der Waals surface area contributed by atoms with E-state index in [1.54, 1.807) is 0 Å². The minimum atomic E-state index is 0.237. The van der Waals surface area contributed by atoms with Gasteiger partial charge < -0.3 is 10.6 Å². The van der Waals surface area contributed by atoms with Crippen LogP contribution < -0.4 is 5.73 Å². The third kappa shape index (κ3) is 4.44. The Bertz CT molecular complexity index is 257. The second-order valence-corrected chi connectivity index (χ2v) is 6.89. The summed E-state index contributed by atoms with van der Waals surface area (Å²) in [5, 5.41) is 0. The van der Waals surface area contributed by atoms with Crippen molar-refractivity contribution in [2.24, 2.45) is 11.7 Å². The van der Waals surface area contributed by atoms with Crippen LogP contribution in [0.5, 0.6) is 0 Å². The molecule has 0 radical (unpaired) electrons. The van der Waals surface area contributed by atoms with Crippen LogP contribution in [-0.4, -0.2) is 54.6 Å². The second-order valence-electron chi connectivity index (χ2n) is 6.89. The Kier molecular flexibility index (Phi) is 5.67. The zero-order chi connectivity index (χ0) is 13.7. The van der Waals surface area contributed by atoms with Gasteiger partial charge in [0.1, 0.15) is 0 Å². The van der Waals surface area contributed by atoms with Crippen molar-refractivity contribution in [3.63, 3.8) is 0 Å². The van der Waals surface area contributed by atoms with Crippen LogP contribution in [0, 0.1) is 5.92 Å². The lowest BCUT2D eigenvalue weighted by Gasteiger charge is -2.45. The summed E-state index contributed by atoms with van der Waals surface area (Å²) in [4.78, 5) is 5.32. The standard InChI is InChI=1S/C16H33N3/c1-3-4-5-8-16(2,14-17)19-11-9-18(10-12-19)13-15-6-7-15/h15H,3-14,17H2,1-2H3. The third-order valence-corrected chi connectivity index (χ3v) is 5.11. The van der Waals surface area contributed by atoms with Gasteiger partial charge in [-0.25, -0.2) is 0 Å². The van der Waals surface area contributed by atoms with Crippen LogP contribution in [-0.2, 0) is 0 Å². The van der Waals surface area contributed by atoms with Crippen LogP contribution in [0.3, 0.4) is 0 Å². The molecule has 2 fully saturated rings. The van der Waals surface area contributed by atoms with Crippen LogP contribution in [0.1, 0.15) is 52.4 Å². The molecule has 1 heterocycles. The predicted octanol–water partition coefficient (Wildman–Crippen LogP) is 2.31. The van der Waals surface area contributed by atoms with Crippen LogP contribution in [0.25, 0.3) is 0 Å². The highest BCUT2D eigenvalue weighted by Crippen LogP contribution is 2.30. The summed E-state index contributed by atoms with van der Waals surface area (Å²) < 4.78 is 0. The van der Waals surface area contributed by atoms with Crippen molar-refractivity contribution in [2.75, 3.05) is 39.3 Å². The average Bonchev–Trinajstić information content (AvgIpc) is 3.23. The highest BCUT2D eigenvalue weighted by Gasteiger charge is 2.33. The molecule has 3 heteroatoms. The van der Waals surface area contributed by atoms with Crippen molar-refractivity contribution in [3.8, 4) is 0 Å². The van der Waals surface area contributed by atoms with Gasteiger partial charge in [-0.1, -0.05) is 26.2 Å². The van der Waals surface area contributed by atoms with Gasteiger partial charge >= 0.3 is 0 Å². The maximum atomic E-state index is 6.09. The van der Waals surface area contributed by atoms with Crippen LogP contribution in [0.15, 0.2) is 0 Å². The van der Waals surface area contributed by atoms with Gasteiger partial charge in [0.2, 0.25) is 0 Å². The molecular weight excluding hydrogens is 234 g/mol. The maximum absolute atomic E-state index is 6.09. The molecule has 1 unspecified atom stereocenters. The zero-order valence-corrected chi connectivity index (χ0v) is 13.0. The first-order valence-electron chi connectivity index (χ1n) is 8.35. The van der Waals surface area contributed by atoms with Gasteiger partial charge in [-0.2, -0.15) is 0 Å². The van der Waals surface area contributed by atoms with Crippen molar-refractivity contribution in [1.82, 2.24) is 9.80 Å². The minimum absolute atomic E-state index is 0.237. The molecule has 19 heavy (non-hydrogen) atoms. The molecular formula is C16H33N3. The molecule has 0 amide bonds. The lowest BCUT2D eigenvalue weighted by molar-refractivity contribution is 0.0384. The van der Waals surface area contributed by atoms with E-state index in [1.807, 2.05) is 0 Å². The molecule has 1 saturated heterocycles. The first-order valence-corrected chi connectivity index (χ1v) is 8.35. The highest BCUT2D eigenvalue weighted by atomic mass is 15.3. The fraction of sp³-hybridized carbons (Fsp3) is 1.00. The van der Waals surface area contributed by atoms with E-state index < -0.39 is 0 Å². The van der Waals surface area contributed by atoms with Gasteiger partial charge in [0.05, 0.1) is 0 Å². The number of unbranched alkanes of at least 4 members (excludes halogenated alkanes) is 2. The third-order valence-electron chi connectivity index (χ3n) is 5.11. The Morgan fingerprint density at radius 3 is 2.32 bits per heavy atom. The van der Waals surface area contributed by atoms with Crippen LogP contribution >= 0.6 is 0 Å². The number of hydrogen-bond acceptors (Lipinski definition) is 3.